The Morgan fingerprint density at radius 2 is 1.43 bits per heavy atom. The highest BCUT2D eigenvalue weighted by Gasteiger charge is 2.44. The molecular weight excluding hydrogens is 380 g/mol. The normalized spacial score (nSPS) is 18.7. The molecule has 6 heteroatoms. The van der Waals surface area contributed by atoms with E-state index in [4.69, 9.17) is 9.47 Å². The maximum atomic E-state index is 13.7. The fourth-order valence-corrected chi connectivity index (χ4v) is 4.46. The molecule has 1 aliphatic heterocycles. The molecule has 6 nitrogen and oxygen atoms in total. The summed E-state index contributed by atoms with van der Waals surface area (Å²) < 4.78 is 10.5. The topological polar surface area (TPSA) is 59.1 Å². The molecule has 0 spiro atoms. The van der Waals surface area contributed by atoms with Crippen LogP contribution in [0.25, 0.3) is 5.57 Å². The summed E-state index contributed by atoms with van der Waals surface area (Å²) in [5.74, 6) is -0.330. The number of nitrogens with zero attached hydrogens (tertiary/aromatic N) is 2. The Bertz CT molecular complexity index is 731. The molecule has 2 aliphatic rings. The number of amides is 2. The lowest BCUT2D eigenvalue weighted by molar-refractivity contribution is -0.140. The predicted octanol–water partition coefficient (Wildman–Crippen LogP) is 3.47. The van der Waals surface area contributed by atoms with Crippen molar-refractivity contribution in [2.45, 2.75) is 51.0 Å². The highest BCUT2D eigenvalue weighted by molar-refractivity contribution is 6.35. The van der Waals surface area contributed by atoms with E-state index in [2.05, 4.69) is 0 Å². The molecule has 1 saturated carbocycles. The number of carbonyl (C=O) groups excluding carboxylic acids is 2. The maximum Gasteiger partial charge on any atom is 0.278 e. The number of carbonyl (C=O) groups is 2. The average molecular weight is 415 g/mol. The molecule has 1 fully saturated rings. The van der Waals surface area contributed by atoms with Gasteiger partial charge in [0.15, 0.2) is 0 Å². The second-order valence-corrected chi connectivity index (χ2v) is 8.04. The van der Waals surface area contributed by atoms with Crippen LogP contribution in [0.5, 0.6) is 0 Å². The van der Waals surface area contributed by atoms with E-state index >= 15 is 0 Å². The van der Waals surface area contributed by atoms with Gasteiger partial charge in [-0.25, -0.2) is 0 Å². The summed E-state index contributed by atoms with van der Waals surface area (Å²) in [4.78, 5) is 30.8. The SMILES string of the molecule is COCCN(CCOC)C1=C(c2ccccc2)C(=O)N(C2CCCCCCC2)C1=O. The smallest absolute Gasteiger partial charge is 0.278 e. The molecule has 1 aromatic carbocycles. The molecule has 1 heterocycles. The van der Waals surface area contributed by atoms with Crippen LogP contribution >= 0.6 is 0 Å². The minimum atomic E-state index is -0.170. The second kappa shape index (κ2) is 11.3. The Morgan fingerprint density at radius 1 is 0.867 bits per heavy atom. The van der Waals surface area contributed by atoms with Gasteiger partial charge in [0.1, 0.15) is 5.70 Å². The van der Waals surface area contributed by atoms with E-state index in [1.807, 2.05) is 35.2 Å². The van der Waals surface area contributed by atoms with Gasteiger partial charge in [0.05, 0.1) is 18.8 Å². The van der Waals surface area contributed by atoms with E-state index in [9.17, 15) is 9.59 Å². The van der Waals surface area contributed by atoms with Gasteiger partial charge in [-0.2, -0.15) is 0 Å². The molecule has 1 aromatic rings. The quantitative estimate of drug-likeness (QED) is 0.579. The Morgan fingerprint density at radius 3 is 2.00 bits per heavy atom. The fourth-order valence-electron chi connectivity index (χ4n) is 4.46. The highest BCUT2D eigenvalue weighted by Crippen LogP contribution is 2.35. The second-order valence-electron chi connectivity index (χ2n) is 8.04. The van der Waals surface area contributed by atoms with Gasteiger partial charge in [0.2, 0.25) is 0 Å². The number of hydrogen-bond acceptors (Lipinski definition) is 5. The number of methoxy groups -OCH3 is 2. The highest BCUT2D eigenvalue weighted by atomic mass is 16.5. The maximum absolute atomic E-state index is 13.7. The first-order valence-corrected chi connectivity index (χ1v) is 11.1. The van der Waals surface area contributed by atoms with E-state index in [-0.39, 0.29) is 17.9 Å². The van der Waals surface area contributed by atoms with Gasteiger partial charge in [-0.3, -0.25) is 14.5 Å². The zero-order chi connectivity index (χ0) is 21.3. The van der Waals surface area contributed by atoms with Crippen molar-refractivity contribution in [2.24, 2.45) is 0 Å². The van der Waals surface area contributed by atoms with E-state index in [1.165, 1.54) is 19.3 Å². The molecule has 30 heavy (non-hydrogen) atoms. The van der Waals surface area contributed by atoms with Gasteiger partial charge in [-0.1, -0.05) is 62.4 Å². The van der Waals surface area contributed by atoms with E-state index in [0.29, 0.717) is 37.6 Å². The molecule has 0 unspecified atom stereocenters. The van der Waals surface area contributed by atoms with Crippen molar-refractivity contribution < 1.29 is 19.1 Å². The standard InChI is InChI=1S/C24H34N2O4/c1-29-17-15-25(16-18-30-2)22-21(19-11-7-6-8-12-19)23(27)26(24(22)28)20-13-9-4-3-5-10-14-20/h6-8,11-12,20H,3-5,9-10,13-18H2,1-2H3. The Hall–Kier alpha value is -2.18. The average Bonchev–Trinajstić information content (AvgIpc) is 2.99. The fraction of sp³-hybridized carbons (Fsp3) is 0.583. The third-order valence-corrected chi connectivity index (χ3v) is 6.04. The van der Waals surface area contributed by atoms with Crippen LogP contribution in [-0.2, 0) is 19.1 Å². The Kier molecular flexibility index (Phi) is 8.46. The minimum Gasteiger partial charge on any atom is -0.383 e. The molecule has 0 saturated heterocycles. The number of imide groups is 1. The summed E-state index contributed by atoms with van der Waals surface area (Å²) in [5, 5.41) is 0. The zero-order valence-electron chi connectivity index (χ0n) is 18.3. The van der Waals surface area contributed by atoms with Crippen LogP contribution in [0.1, 0.15) is 50.5 Å². The van der Waals surface area contributed by atoms with Crippen molar-refractivity contribution in [1.82, 2.24) is 9.80 Å². The van der Waals surface area contributed by atoms with Crippen LogP contribution in [0.3, 0.4) is 0 Å². The largest absolute Gasteiger partial charge is 0.383 e. The first kappa shape index (κ1) is 22.5. The Balaban J connectivity index is 1.99. The first-order chi connectivity index (χ1) is 14.7. The van der Waals surface area contributed by atoms with Crippen LogP contribution in [0, 0.1) is 0 Å². The Labute approximate surface area is 179 Å². The summed E-state index contributed by atoms with van der Waals surface area (Å²) in [6.07, 6.45) is 7.50. The van der Waals surface area contributed by atoms with Gasteiger partial charge in [-0.15, -0.1) is 0 Å². The van der Waals surface area contributed by atoms with Crippen molar-refractivity contribution in [1.29, 1.82) is 0 Å². The van der Waals surface area contributed by atoms with Crippen LogP contribution < -0.4 is 0 Å². The van der Waals surface area contributed by atoms with E-state index in [1.54, 1.807) is 19.1 Å². The summed E-state index contributed by atoms with van der Waals surface area (Å²) in [6.45, 7) is 2.01. The molecule has 164 valence electrons. The molecule has 2 amide bonds. The van der Waals surface area contributed by atoms with Crippen LogP contribution in [0.2, 0.25) is 0 Å². The molecular formula is C24H34N2O4. The van der Waals surface area contributed by atoms with Gasteiger partial charge < -0.3 is 14.4 Å². The van der Waals surface area contributed by atoms with Gasteiger partial charge >= 0.3 is 0 Å². The molecule has 0 N–H and O–H groups in total. The van der Waals surface area contributed by atoms with Crippen LogP contribution in [-0.4, -0.2) is 68.2 Å². The molecule has 0 aromatic heterocycles. The summed E-state index contributed by atoms with van der Waals surface area (Å²) in [7, 11) is 3.28. The number of benzene rings is 1. The lowest BCUT2D eigenvalue weighted by Gasteiger charge is -2.30. The van der Waals surface area contributed by atoms with Crippen molar-refractivity contribution in [3.8, 4) is 0 Å². The van der Waals surface area contributed by atoms with Crippen molar-refractivity contribution in [2.75, 3.05) is 40.5 Å². The number of ether oxygens (including phenoxy) is 2. The van der Waals surface area contributed by atoms with E-state index < -0.39 is 0 Å². The zero-order valence-corrected chi connectivity index (χ0v) is 18.3. The van der Waals surface area contributed by atoms with Gasteiger partial charge in [0.25, 0.3) is 11.8 Å². The lowest BCUT2D eigenvalue weighted by atomic mass is 9.95. The van der Waals surface area contributed by atoms with Gasteiger partial charge in [-0.05, 0) is 18.4 Å². The van der Waals surface area contributed by atoms with Crippen LogP contribution in [0.4, 0.5) is 0 Å². The molecule has 0 bridgehead atoms. The summed E-state index contributed by atoms with van der Waals surface area (Å²) in [6, 6.07) is 9.54. The van der Waals surface area contributed by atoms with Crippen molar-refractivity contribution in [3.63, 3.8) is 0 Å². The third-order valence-electron chi connectivity index (χ3n) is 6.04. The monoisotopic (exact) mass is 414 g/mol. The molecule has 0 radical (unpaired) electrons. The minimum absolute atomic E-state index is 0.0202. The number of hydrogen-bond donors (Lipinski definition) is 0. The summed E-state index contributed by atoms with van der Waals surface area (Å²) >= 11 is 0. The van der Waals surface area contributed by atoms with Gasteiger partial charge in [0, 0.05) is 33.4 Å². The van der Waals surface area contributed by atoms with Crippen LogP contribution in [0.15, 0.2) is 36.0 Å². The molecule has 1 aliphatic carbocycles. The van der Waals surface area contributed by atoms with Crippen molar-refractivity contribution in [3.05, 3.63) is 41.6 Å². The lowest BCUT2D eigenvalue weighted by Crippen LogP contribution is -2.43. The number of rotatable bonds is 9. The predicted molar refractivity (Wildman–Crippen MR) is 117 cm³/mol. The van der Waals surface area contributed by atoms with E-state index in [0.717, 1.165) is 31.2 Å². The first-order valence-electron chi connectivity index (χ1n) is 11.1. The molecule has 3 rings (SSSR count). The third kappa shape index (κ3) is 5.10. The molecule has 0 atom stereocenters. The summed E-state index contributed by atoms with van der Waals surface area (Å²) in [5.41, 5.74) is 1.79. The van der Waals surface area contributed by atoms with Crippen molar-refractivity contribution >= 4 is 17.4 Å².